The van der Waals surface area contributed by atoms with Crippen molar-refractivity contribution in [3.8, 4) is 0 Å². The van der Waals surface area contributed by atoms with E-state index in [0.29, 0.717) is 0 Å². The Balaban J connectivity index is 2.32. The molecule has 4 rings (SSSR count). The lowest BCUT2D eigenvalue weighted by atomic mass is 10.2. The number of nitrogens with zero attached hydrogens (tertiary/aromatic N) is 1. The number of benzene rings is 1. The zero-order chi connectivity index (χ0) is 10.5. The van der Waals surface area contributed by atoms with E-state index < -0.39 is 0 Å². The lowest BCUT2D eigenvalue weighted by Crippen LogP contribution is -1.71. The maximum absolute atomic E-state index is 4.43. The fourth-order valence-electron chi connectivity index (χ4n) is 2.17. The van der Waals surface area contributed by atoms with Crippen molar-refractivity contribution in [1.82, 2.24) is 9.97 Å². The van der Waals surface area contributed by atoms with Crippen molar-refractivity contribution in [2.24, 2.45) is 0 Å². The molecule has 3 aromatic heterocycles. The summed E-state index contributed by atoms with van der Waals surface area (Å²) < 4.78 is 1.32. The number of hydrogen-bond donors (Lipinski definition) is 1. The van der Waals surface area contributed by atoms with E-state index in [9.17, 15) is 0 Å². The van der Waals surface area contributed by atoms with Crippen LogP contribution >= 0.6 is 11.3 Å². The Morgan fingerprint density at radius 3 is 3.12 bits per heavy atom. The van der Waals surface area contributed by atoms with Crippen molar-refractivity contribution in [2.45, 2.75) is 0 Å². The molecule has 1 aromatic carbocycles. The Labute approximate surface area is 95.5 Å². The number of pyridine rings is 1. The Bertz CT molecular complexity index is 810. The summed E-state index contributed by atoms with van der Waals surface area (Å²) in [6.07, 6.45) is 1.84. The molecule has 0 unspecified atom stereocenters. The smallest absolute Gasteiger partial charge is 0.0958 e. The number of aromatic amines is 1. The molecule has 0 radical (unpaired) electrons. The van der Waals surface area contributed by atoms with Crippen molar-refractivity contribution >= 4 is 43.4 Å². The molecule has 0 aliphatic carbocycles. The number of fused-ring (bicyclic) bond motifs is 4. The van der Waals surface area contributed by atoms with Gasteiger partial charge in [-0.05, 0) is 41.1 Å². The summed E-state index contributed by atoms with van der Waals surface area (Å²) in [6.45, 7) is 0. The molecule has 0 fully saturated rings. The Hall–Kier alpha value is -1.87. The first kappa shape index (κ1) is 8.30. The first-order valence-electron chi connectivity index (χ1n) is 5.15. The number of nitrogens with one attached hydrogen (secondary N) is 1. The van der Waals surface area contributed by atoms with Crippen LogP contribution in [0.15, 0.2) is 41.9 Å². The van der Waals surface area contributed by atoms with Crippen molar-refractivity contribution in [3.63, 3.8) is 0 Å². The van der Waals surface area contributed by atoms with Crippen molar-refractivity contribution in [1.29, 1.82) is 0 Å². The fraction of sp³-hybridized carbons (Fsp3) is 0. The van der Waals surface area contributed by atoms with Gasteiger partial charge in [0, 0.05) is 21.8 Å². The molecular formula is C13H8N2S. The first-order chi connectivity index (χ1) is 7.92. The topological polar surface area (TPSA) is 28.7 Å². The van der Waals surface area contributed by atoms with Gasteiger partial charge in [0.15, 0.2) is 0 Å². The molecule has 0 amide bonds. The zero-order valence-electron chi connectivity index (χ0n) is 8.40. The van der Waals surface area contributed by atoms with Gasteiger partial charge in [0.1, 0.15) is 0 Å². The molecule has 0 bridgehead atoms. The number of H-pyrrole nitrogens is 1. The van der Waals surface area contributed by atoms with E-state index in [4.69, 9.17) is 0 Å². The van der Waals surface area contributed by atoms with E-state index in [1.807, 2.05) is 12.3 Å². The number of hydrogen-bond acceptors (Lipinski definition) is 2. The minimum absolute atomic E-state index is 1.06. The quantitative estimate of drug-likeness (QED) is 0.481. The highest BCUT2D eigenvalue weighted by Gasteiger charge is 2.06. The molecule has 0 spiro atoms. The van der Waals surface area contributed by atoms with E-state index in [2.05, 4.69) is 39.6 Å². The molecule has 0 saturated carbocycles. The molecule has 16 heavy (non-hydrogen) atoms. The summed E-state index contributed by atoms with van der Waals surface area (Å²) in [5.41, 5.74) is 3.34. The molecule has 0 aliphatic rings. The van der Waals surface area contributed by atoms with E-state index in [-0.39, 0.29) is 0 Å². The Morgan fingerprint density at radius 1 is 1.12 bits per heavy atom. The monoisotopic (exact) mass is 224 g/mol. The summed E-state index contributed by atoms with van der Waals surface area (Å²) in [5, 5.41) is 4.63. The van der Waals surface area contributed by atoms with Gasteiger partial charge in [-0.1, -0.05) is 0 Å². The summed E-state index contributed by atoms with van der Waals surface area (Å²) in [6, 6.07) is 10.6. The van der Waals surface area contributed by atoms with Gasteiger partial charge in [-0.15, -0.1) is 11.3 Å². The third-order valence-electron chi connectivity index (χ3n) is 2.92. The second kappa shape index (κ2) is 2.83. The van der Waals surface area contributed by atoms with Gasteiger partial charge in [-0.3, -0.25) is 4.98 Å². The number of rotatable bonds is 0. The predicted octanol–water partition coefficient (Wildman–Crippen LogP) is 3.93. The lowest BCUT2D eigenvalue weighted by molar-refractivity contribution is 1.42. The third kappa shape index (κ3) is 0.981. The Morgan fingerprint density at radius 2 is 2.12 bits per heavy atom. The molecule has 0 saturated heterocycles. The van der Waals surface area contributed by atoms with Crippen LogP contribution in [0, 0.1) is 0 Å². The first-order valence-corrected chi connectivity index (χ1v) is 6.03. The van der Waals surface area contributed by atoms with E-state index in [1.54, 1.807) is 11.3 Å². The van der Waals surface area contributed by atoms with Crippen LogP contribution in [0.4, 0.5) is 0 Å². The number of thiophene rings is 1. The van der Waals surface area contributed by atoms with Crippen LogP contribution in [0.3, 0.4) is 0 Å². The second-order valence-electron chi connectivity index (χ2n) is 3.88. The van der Waals surface area contributed by atoms with Gasteiger partial charge in [0.05, 0.1) is 11.0 Å². The summed E-state index contributed by atoms with van der Waals surface area (Å²) in [5.74, 6) is 0. The average Bonchev–Trinajstić information content (AvgIpc) is 2.88. The molecule has 4 aromatic rings. The summed E-state index contributed by atoms with van der Waals surface area (Å²) in [7, 11) is 0. The van der Waals surface area contributed by atoms with Crippen molar-refractivity contribution in [2.75, 3.05) is 0 Å². The second-order valence-corrected chi connectivity index (χ2v) is 4.83. The minimum atomic E-state index is 1.06. The van der Waals surface area contributed by atoms with Crippen LogP contribution in [0.1, 0.15) is 0 Å². The van der Waals surface area contributed by atoms with Crippen LogP contribution in [0.5, 0.6) is 0 Å². The van der Waals surface area contributed by atoms with Crippen LogP contribution in [0.25, 0.3) is 32.0 Å². The van der Waals surface area contributed by atoms with Gasteiger partial charge >= 0.3 is 0 Å². The van der Waals surface area contributed by atoms with E-state index in [0.717, 1.165) is 11.0 Å². The van der Waals surface area contributed by atoms with Gasteiger partial charge < -0.3 is 4.98 Å². The standard InChI is InChI=1S/C13H8N2S/c1-2-10-13(14-4-1)9-7-12-8(3-5-16-12)6-11(9)15-10/h1-7,15H. The SMILES string of the molecule is c1cnc2c(c1)[nH]c1cc3ccsc3cc12. The maximum atomic E-state index is 4.43. The normalized spacial score (nSPS) is 11.8. The number of aromatic nitrogens is 2. The van der Waals surface area contributed by atoms with Crippen molar-refractivity contribution in [3.05, 3.63) is 41.9 Å². The average molecular weight is 224 g/mol. The highest BCUT2D eigenvalue weighted by atomic mass is 32.1. The molecule has 2 nitrogen and oxygen atoms in total. The lowest BCUT2D eigenvalue weighted by Gasteiger charge is -1.91. The van der Waals surface area contributed by atoms with Crippen LogP contribution in [0.2, 0.25) is 0 Å². The highest BCUT2D eigenvalue weighted by molar-refractivity contribution is 7.17. The minimum Gasteiger partial charge on any atom is -0.353 e. The Kier molecular flexibility index (Phi) is 1.47. The molecule has 76 valence electrons. The molecule has 3 heterocycles. The van der Waals surface area contributed by atoms with E-state index >= 15 is 0 Å². The molecule has 3 heteroatoms. The fourth-order valence-corrected chi connectivity index (χ4v) is 2.98. The largest absolute Gasteiger partial charge is 0.353 e. The highest BCUT2D eigenvalue weighted by Crippen LogP contribution is 2.30. The molecule has 0 atom stereocenters. The van der Waals surface area contributed by atoms with Gasteiger partial charge in [0.25, 0.3) is 0 Å². The van der Waals surface area contributed by atoms with Gasteiger partial charge in [0.2, 0.25) is 0 Å². The maximum Gasteiger partial charge on any atom is 0.0958 e. The molecular weight excluding hydrogens is 216 g/mol. The molecule has 1 N–H and O–H groups in total. The third-order valence-corrected chi connectivity index (χ3v) is 3.80. The van der Waals surface area contributed by atoms with Gasteiger partial charge in [-0.2, -0.15) is 0 Å². The summed E-state index contributed by atoms with van der Waals surface area (Å²) in [4.78, 5) is 7.84. The molecule has 0 aliphatic heterocycles. The van der Waals surface area contributed by atoms with Crippen LogP contribution in [-0.2, 0) is 0 Å². The van der Waals surface area contributed by atoms with E-state index in [1.165, 1.54) is 21.0 Å². The van der Waals surface area contributed by atoms with Crippen LogP contribution < -0.4 is 0 Å². The van der Waals surface area contributed by atoms with Crippen molar-refractivity contribution < 1.29 is 0 Å². The zero-order valence-corrected chi connectivity index (χ0v) is 9.21. The van der Waals surface area contributed by atoms with Crippen LogP contribution in [-0.4, -0.2) is 9.97 Å². The summed E-state index contributed by atoms with van der Waals surface area (Å²) >= 11 is 1.77. The van der Waals surface area contributed by atoms with Gasteiger partial charge in [-0.25, -0.2) is 0 Å². The predicted molar refractivity (Wildman–Crippen MR) is 69.0 cm³/mol.